The number of aryl methyl sites for hydroxylation is 1. The molecule has 1 atom stereocenters. The topological polar surface area (TPSA) is 84.3 Å². The molecule has 1 unspecified atom stereocenters. The Kier molecular flexibility index (Phi) is 3.79. The second-order valence-electron chi connectivity index (χ2n) is 6.77. The molecule has 0 bridgehead atoms. The number of imidazole rings is 2. The van der Waals surface area contributed by atoms with Gasteiger partial charge >= 0.3 is 0 Å². The van der Waals surface area contributed by atoms with Gasteiger partial charge in [-0.2, -0.15) is 0 Å². The summed E-state index contributed by atoms with van der Waals surface area (Å²) in [6.07, 6.45) is 3.15. The molecule has 138 valence electrons. The molecule has 28 heavy (non-hydrogen) atoms. The second-order valence-corrected chi connectivity index (χ2v) is 6.77. The largest absolute Gasteiger partial charge is 0.358 e. The van der Waals surface area contributed by atoms with Crippen LogP contribution in [-0.2, 0) is 0 Å². The van der Waals surface area contributed by atoms with Crippen molar-refractivity contribution in [3.05, 3.63) is 72.6 Å². The summed E-state index contributed by atoms with van der Waals surface area (Å²) in [5, 5.41) is 3.46. The summed E-state index contributed by atoms with van der Waals surface area (Å²) in [6.45, 7) is 4.17. The standard InChI is InChI=1S/C21H19N7/c1-13-7-6-10-16-17(13)27-21(28(16)15-8-4-3-5-9-15)14(2)26-20-18-19(23-11-22-18)24-12-25-20/h3-12,14H,1-2H3,(H2,22,23,24,25,26). The van der Waals surface area contributed by atoms with E-state index in [-0.39, 0.29) is 6.04 Å². The third-order valence-electron chi connectivity index (χ3n) is 4.88. The number of benzene rings is 2. The number of rotatable bonds is 4. The molecule has 5 aromatic rings. The van der Waals surface area contributed by atoms with Crippen molar-refractivity contribution in [3.63, 3.8) is 0 Å². The Hall–Kier alpha value is -3.74. The lowest BCUT2D eigenvalue weighted by Crippen LogP contribution is -2.14. The first-order valence-electron chi connectivity index (χ1n) is 9.16. The lowest BCUT2D eigenvalue weighted by atomic mass is 10.2. The van der Waals surface area contributed by atoms with Gasteiger partial charge in [-0.25, -0.2) is 19.9 Å². The van der Waals surface area contributed by atoms with Crippen LogP contribution in [-0.4, -0.2) is 29.5 Å². The number of aromatic nitrogens is 6. The minimum absolute atomic E-state index is 0.0955. The van der Waals surface area contributed by atoms with E-state index in [1.54, 1.807) is 6.33 Å². The Labute approximate surface area is 161 Å². The first kappa shape index (κ1) is 16.4. The summed E-state index contributed by atoms with van der Waals surface area (Å²) in [4.78, 5) is 20.9. The number of anilines is 1. The number of nitrogens with one attached hydrogen (secondary N) is 2. The highest BCUT2D eigenvalue weighted by Gasteiger charge is 2.20. The fraction of sp³-hybridized carbons (Fsp3) is 0.143. The molecule has 7 nitrogen and oxygen atoms in total. The zero-order valence-corrected chi connectivity index (χ0v) is 15.6. The number of aromatic amines is 1. The molecular formula is C21H19N7. The molecule has 5 rings (SSSR count). The number of para-hydroxylation sites is 2. The summed E-state index contributed by atoms with van der Waals surface area (Å²) in [7, 11) is 0. The number of nitrogens with zero attached hydrogens (tertiary/aromatic N) is 5. The highest BCUT2D eigenvalue weighted by molar-refractivity contribution is 5.83. The van der Waals surface area contributed by atoms with Gasteiger partial charge in [-0.3, -0.25) is 4.57 Å². The fourth-order valence-corrected chi connectivity index (χ4v) is 3.54. The molecule has 2 N–H and O–H groups in total. The Balaban J connectivity index is 1.66. The van der Waals surface area contributed by atoms with E-state index in [9.17, 15) is 0 Å². The van der Waals surface area contributed by atoms with Crippen molar-refractivity contribution in [2.24, 2.45) is 0 Å². The van der Waals surface area contributed by atoms with Crippen LogP contribution in [0.1, 0.15) is 24.4 Å². The molecule has 0 aliphatic carbocycles. The number of H-pyrrole nitrogens is 1. The predicted octanol–water partition coefficient (Wildman–Crippen LogP) is 4.17. The van der Waals surface area contributed by atoms with Gasteiger partial charge in [0.25, 0.3) is 0 Å². The van der Waals surface area contributed by atoms with Crippen molar-refractivity contribution in [3.8, 4) is 5.69 Å². The Morgan fingerprint density at radius 2 is 1.82 bits per heavy atom. The second kappa shape index (κ2) is 6.45. The third-order valence-corrected chi connectivity index (χ3v) is 4.88. The summed E-state index contributed by atoms with van der Waals surface area (Å²) in [5.74, 6) is 1.60. The van der Waals surface area contributed by atoms with Crippen LogP contribution in [0.3, 0.4) is 0 Å². The smallest absolute Gasteiger partial charge is 0.162 e. The monoisotopic (exact) mass is 369 g/mol. The molecule has 3 heterocycles. The summed E-state index contributed by atoms with van der Waals surface area (Å²) in [6, 6.07) is 16.4. The van der Waals surface area contributed by atoms with Crippen LogP contribution in [0.2, 0.25) is 0 Å². The van der Waals surface area contributed by atoms with E-state index < -0.39 is 0 Å². The van der Waals surface area contributed by atoms with Crippen molar-refractivity contribution in [2.75, 3.05) is 5.32 Å². The highest BCUT2D eigenvalue weighted by Crippen LogP contribution is 2.29. The van der Waals surface area contributed by atoms with Gasteiger partial charge in [-0.1, -0.05) is 30.3 Å². The van der Waals surface area contributed by atoms with Gasteiger partial charge in [0, 0.05) is 5.69 Å². The normalized spacial score (nSPS) is 12.5. The van der Waals surface area contributed by atoms with E-state index in [1.807, 2.05) is 18.2 Å². The van der Waals surface area contributed by atoms with Gasteiger partial charge in [0.05, 0.1) is 23.4 Å². The third kappa shape index (κ3) is 2.60. The van der Waals surface area contributed by atoms with Gasteiger partial charge < -0.3 is 10.3 Å². The van der Waals surface area contributed by atoms with Crippen LogP contribution in [0, 0.1) is 6.92 Å². The SMILES string of the molecule is Cc1cccc2c1nc(C(C)Nc1ncnc3[nH]cnc13)n2-c1ccccc1. The molecule has 0 aliphatic rings. The number of hydrogen-bond donors (Lipinski definition) is 2. The molecule has 7 heteroatoms. The molecule has 2 aromatic carbocycles. The quantitative estimate of drug-likeness (QED) is 0.497. The minimum Gasteiger partial charge on any atom is -0.358 e. The Bertz CT molecular complexity index is 1270. The summed E-state index contributed by atoms with van der Waals surface area (Å²) >= 11 is 0. The molecule has 3 aromatic heterocycles. The lowest BCUT2D eigenvalue weighted by molar-refractivity contribution is 0.769. The summed E-state index contributed by atoms with van der Waals surface area (Å²) in [5.41, 5.74) is 5.74. The van der Waals surface area contributed by atoms with E-state index in [0.717, 1.165) is 28.1 Å². The molecule has 0 saturated carbocycles. The van der Waals surface area contributed by atoms with Crippen LogP contribution in [0.5, 0.6) is 0 Å². The van der Waals surface area contributed by atoms with Crippen molar-refractivity contribution in [2.45, 2.75) is 19.9 Å². The van der Waals surface area contributed by atoms with Crippen LogP contribution < -0.4 is 5.32 Å². The number of fused-ring (bicyclic) bond motifs is 2. The maximum absolute atomic E-state index is 4.98. The van der Waals surface area contributed by atoms with Gasteiger partial charge in [0.15, 0.2) is 11.5 Å². The zero-order valence-electron chi connectivity index (χ0n) is 15.6. The van der Waals surface area contributed by atoms with E-state index in [0.29, 0.717) is 17.0 Å². The first-order chi connectivity index (χ1) is 13.7. The van der Waals surface area contributed by atoms with Crippen LogP contribution in [0.15, 0.2) is 61.2 Å². The Morgan fingerprint density at radius 1 is 0.964 bits per heavy atom. The van der Waals surface area contributed by atoms with E-state index in [4.69, 9.17) is 4.98 Å². The molecule has 0 fully saturated rings. The average Bonchev–Trinajstić information content (AvgIpc) is 3.34. The van der Waals surface area contributed by atoms with E-state index in [1.165, 1.54) is 6.33 Å². The zero-order chi connectivity index (χ0) is 19.1. The lowest BCUT2D eigenvalue weighted by Gasteiger charge is -2.17. The van der Waals surface area contributed by atoms with Crippen molar-refractivity contribution >= 4 is 28.0 Å². The van der Waals surface area contributed by atoms with E-state index in [2.05, 4.69) is 74.0 Å². The van der Waals surface area contributed by atoms with Gasteiger partial charge in [-0.05, 0) is 37.6 Å². The molecule has 0 saturated heterocycles. The molecule has 0 spiro atoms. The molecule has 0 radical (unpaired) electrons. The Morgan fingerprint density at radius 3 is 2.68 bits per heavy atom. The van der Waals surface area contributed by atoms with Crippen molar-refractivity contribution < 1.29 is 0 Å². The maximum atomic E-state index is 4.98. The minimum atomic E-state index is -0.0955. The van der Waals surface area contributed by atoms with Crippen molar-refractivity contribution in [1.29, 1.82) is 0 Å². The molecule has 0 amide bonds. The van der Waals surface area contributed by atoms with Gasteiger partial charge in [0.2, 0.25) is 0 Å². The fourth-order valence-electron chi connectivity index (χ4n) is 3.54. The highest BCUT2D eigenvalue weighted by atomic mass is 15.2. The van der Waals surface area contributed by atoms with Crippen LogP contribution >= 0.6 is 0 Å². The average molecular weight is 369 g/mol. The van der Waals surface area contributed by atoms with E-state index >= 15 is 0 Å². The first-order valence-corrected chi connectivity index (χ1v) is 9.16. The number of hydrogen-bond acceptors (Lipinski definition) is 5. The van der Waals surface area contributed by atoms with Gasteiger partial charge in [-0.15, -0.1) is 0 Å². The predicted molar refractivity (Wildman–Crippen MR) is 110 cm³/mol. The van der Waals surface area contributed by atoms with Crippen molar-refractivity contribution in [1.82, 2.24) is 29.5 Å². The van der Waals surface area contributed by atoms with Crippen LogP contribution in [0.4, 0.5) is 5.82 Å². The molecular weight excluding hydrogens is 350 g/mol. The molecule has 0 aliphatic heterocycles. The van der Waals surface area contributed by atoms with Crippen LogP contribution in [0.25, 0.3) is 27.9 Å². The van der Waals surface area contributed by atoms with Gasteiger partial charge in [0.1, 0.15) is 17.7 Å². The maximum Gasteiger partial charge on any atom is 0.162 e. The summed E-state index contributed by atoms with van der Waals surface area (Å²) < 4.78 is 2.20.